The van der Waals surface area contributed by atoms with E-state index in [9.17, 15) is 24.0 Å². The van der Waals surface area contributed by atoms with Gasteiger partial charge in [-0.2, -0.15) is 0 Å². The van der Waals surface area contributed by atoms with Crippen LogP contribution in [0, 0.1) is 6.92 Å². The van der Waals surface area contributed by atoms with E-state index in [1.54, 1.807) is 18.2 Å². The summed E-state index contributed by atoms with van der Waals surface area (Å²) in [6.45, 7) is 2.13. The molecule has 2 aliphatic rings. The van der Waals surface area contributed by atoms with Crippen LogP contribution in [0.3, 0.4) is 0 Å². The number of carbonyl (C=O) groups is 5. The van der Waals surface area contributed by atoms with Crippen LogP contribution in [-0.4, -0.2) is 59.1 Å². The number of hydrogen-bond donors (Lipinski definition) is 4. The quantitative estimate of drug-likeness (QED) is 0.456. The molecular weight excluding hydrogens is 438 g/mol. The first-order valence-corrected chi connectivity index (χ1v) is 10.8. The Kier molecular flexibility index (Phi) is 7.34. The molecule has 0 aromatic heterocycles. The number of carbonyl (C=O) groups excluding carboxylic acids is 5. The lowest BCUT2D eigenvalue weighted by atomic mass is 10.1. The second-order valence-electron chi connectivity index (χ2n) is 8.03. The van der Waals surface area contributed by atoms with Crippen molar-refractivity contribution in [3.63, 3.8) is 0 Å². The monoisotopic (exact) mass is 463 g/mol. The van der Waals surface area contributed by atoms with Gasteiger partial charge < -0.3 is 26.6 Å². The Morgan fingerprint density at radius 3 is 2.66 bits per heavy atom. The van der Waals surface area contributed by atoms with Crippen molar-refractivity contribution in [2.24, 2.45) is 5.73 Å². The standard InChI is InChI=1S/C21H26ClN5O5/c1-11-4-5-12(22)9-14(11)25-20(31)16-3-2-8-27(16)21(32)15(10-17(23)28)26-19(30)13-6-7-18(29)24-13/h4-5,9,13,15-16H,2-3,6-8,10H2,1H3,(H2,23,28)(H,24,29)(H,25,31)(H,26,30). The van der Waals surface area contributed by atoms with Crippen molar-refractivity contribution in [3.8, 4) is 0 Å². The van der Waals surface area contributed by atoms with E-state index < -0.39 is 42.3 Å². The van der Waals surface area contributed by atoms with Gasteiger partial charge in [0.2, 0.25) is 29.5 Å². The number of likely N-dealkylation sites (tertiary alicyclic amines) is 1. The Morgan fingerprint density at radius 2 is 2.00 bits per heavy atom. The summed E-state index contributed by atoms with van der Waals surface area (Å²) in [6.07, 6.45) is 1.13. The molecule has 1 aromatic carbocycles. The van der Waals surface area contributed by atoms with Crippen molar-refractivity contribution < 1.29 is 24.0 Å². The topological polar surface area (TPSA) is 151 Å². The molecule has 2 aliphatic heterocycles. The molecule has 3 unspecified atom stereocenters. The van der Waals surface area contributed by atoms with Crippen LogP contribution in [-0.2, 0) is 24.0 Å². The van der Waals surface area contributed by atoms with Gasteiger partial charge in [-0.15, -0.1) is 0 Å². The van der Waals surface area contributed by atoms with Gasteiger partial charge in [0.1, 0.15) is 18.1 Å². The molecule has 1 aromatic rings. The molecule has 0 aliphatic carbocycles. The third-order valence-corrected chi connectivity index (χ3v) is 5.86. The molecule has 172 valence electrons. The fraction of sp³-hybridized carbons (Fsp3) is 0.476. The Morgan fingerprint density at radius 1 is 1.25 bits per heavy atom. The maximum atomic E-state index is 13.2. The van der Waals surface area contributed by atoms with Gasteiger partial charge >= 0.3 is 0 Å². The number of rotatable bonds is 7. The maximum Gasteiger partial charge on any atom is 0.247 e. The van der Waals surface area contributed by atoms with Crippen molar-refractivity contribution in [3.05, 3.63) is 28.8 Å². The minimum atomic E-state index is -1.22. The lowest BCUT2D eigenvalue weighted by molar-refractivity contribution is -0.141. The lowest BCUT2D eigenvalue weighted by Crippen LogP contribution is -2.56. The van der Waals surface area contributed by atoms with Gasteiger partial charge in [-0.05, 0) is 43.9 Å². The van der Waals surface area contributed by atoms with E-state index in [0.29, 0.717) is 36.5 Å². The number of nitrogens with one attached hydrogen (secondary N) is 3. The van der Waals surface area contributed by atoms with Gasteiger partial charge in [-0.25, -0.2) is 0 Å². The highest BCUT2D eigenvalue weighted by Crippen LogP contribution is 2.24. The normalized spacial score (nSPS) is 21.1. The Hall–Kier alpha value is -3.14. The minimum absolute atomic E-state index is 0.212. The van der Waals surface area contributed by atoms with Gasteiger partial charge in [0.25, 0.3) is 0 Å². The molecule has 32 heavy (non-hydrogen) atoms. The number of anilines is 1. The van der Waals surface area contributed by atoms with Crippen LogP contribution in [0.1, 0.15) is 37.7 Å². The summed E-state index contributed by atoms with van der Waals surface area (Å²) in [6, 6.07) is 2.35. The first-order chi connectivity index (χ1) is 15.2. The molecule has 3 rings (SSSR count). The van der Waals surface area contributed by atoms with E-state index >= 15 is 0 Å². The number of hydrogen-bond acceptors (Lipinski definition) is 5. The maximum absolute atomic E-state index is 13.2. The average Bonchev–Trinajstić information content (AvgIpc) is 3.38. The molecule has 3 atom stereocenters. The summed E-state index contributed by atoms with van der Waals surface area (Å²) < 4.78 is 0. The third kappa shape index (κ3) is 5.56. The van der Waals surface area contributed by atoms with Gasteiger partial charge in [-0.3, -0.25) is 24.0 Å². The molecule has 0 bridgehead atoms. The molecular formula is C21H26ClN5O5. The molecule has 0 spiro atoms. The minimum Gasteiger partial charge on any atom is -0.370 e. The van der Waals surface area contributed by atoms with Gasteiger partial charge in [-0.1, -0.05) is 17.7 Å². The molecule has 10 nitrogen and oxygen atoms in total. The summed E-state index contributed by atoms with van der Waals surface area (Å²) in [4.78, 5) is 62.9. The Balaban J connectivity index is 1.72. The SMILES string of the molecule is Cc1ccc(Cl)cc1NC(=O)C1CCCN1C(=O)C(CC(N)=O)NC(=O)C1CCC(=O)N1. The largest absolute Gasteiger partial charge is 0.370 e. The van der Waals surface area contributed by atoms with E-state index in [2.05, 4.69) is 16.0 Å². The highest BCUT2D eigenvalue weighted by atomic mass is 35.5. The van der Waals surface area contributed by atoms with Crippen LogP contribution in [0.4, 0.5) is 5.69 Å². The van der Waals surface area contributed by atoms with Crippen LogP contribution < -0.4 is 21.7 Å². The number of benzene rings is 1. The Bertz CT molecular complexity index is 953. The van der Waals surface area contributed by atoms with E-state index in [4.69, 9.17) is 17.3 Å². The van der Waals surface area contributed by atoms with Gasteiger partial charge in [0.15, 0.2) is 0 Å². The Labute approximate surface area is 190 Å². The molecule has 11 heteroatoms. The number of nitrogens with zero attached hydrogens (tertiary/aromatic N) is 1. The van der Waals surface area contributed by atoms with Gasteiger partial charge in [0, 0.05) is 23.7 Å². The predicted molar refractivity (Wildman–Crippen MR) is 116 cm³/mol. The van der Waals surface area contributed by atoms with E-state index in [1.165, 1.54) is 4.90 Å². The van der Waals surface area contributed by atoms with Crippen molar-refractivity contribution in [1.29, 1.82) is 0 Å². The van der Waals surface area contributed by atoms with E-state index in [1.807, 2.05) is 6.92 Å². The molecule has 0 saturated carbocycles. The van der Waals surface area contributed by atoms with E-state index in [-0.39, 0.29) is 18.2 Å². The third-order valence-electron chi connectivity index (χ3n) is 5.63. The van der Waals surface area contributed by atoms with Crippen LogP contribution in [0.2, 0.25) is 5.02 Å². The zero-order chi connectivity index (χ0) is 23.4. The zero-order valence-corrected chi connectivity index (χ0v) is 18.4. The molecule has 5 amide bonds. The molecule has 2 fully saturated rings. The van der Waals surface area contributed by atoms with Crippen molar-refractivity contribution >= 4 is 46.8 Å². The number of nitrogens with two attached hydrogens (primary N) is 1. The summed E-state index contributed by atoms with van der Waals surface area (Å²) in [5, 5.41) is 8.31. The van der Waals surface area contributed by atoms with E-state index in [0.717, 1.165) is 5.56 Å². The van der Waals surface area contributed by atoms with Crippen molar-refractivity contribution in [1.82, 2.24) is 15.5 Å². The van der Waals surface area contributed by atoms with Crippen LogP contribution in [0.15, 0.2) is 18.2 Å². The highest BCUT2D eigenvalue weighted by molar-refractivity contribution is 6.31. The lowest BCUT2D eigenvalue weighted by Gasteiger charge is -2.29. The zero-order valence-electron chi connectivity index (χ0n) is 17.7. The molecule has 0 radical (unpaired) electrons. The summed E-state index contributed by atoms with van der Waals surface area (Å²) in [5.41, 5.74) is 6.64. The smallest absolute Gasteiger partial charge is 0.247 e. The molecule has 2 heterocycles. The van der Waals surface area contributed by atoms with Crippen LogP contribution >= 0.6 is 11.6 Å². The van der Waals surface area contributed by atoms with Crippen LogP contribution in [0.25, 0.3) is 0 Å². The fourth-order valence-electron chi connectivity index (χ4n) is 3.93. The second kappa shape index (κ2) is 9.99. The summed E-state index contributed by atoms with van der Waals surface area (Å²) in [5.74, 6) is -2.54. The average molecular weight is 464 g/mol. The number of halogens is 1. The van der Waals surface area contributed by atoms with Crippen molar-refractivity contribution in [2.75, 3.05) is 11.9 Å². The number of amides is 5. The van der Waals surface area contributed by atoms with Gasteiger partial charge in [0.05, 0.1) is 6.42 Å². The summed E-state index contributed by atoms with van der Waals surface area (Å²) >= 11 is 6.01. The first-order valence-electron chi connectivity index (χ1n) is 10.4. The molecule has 2 saturated heterocycles. The van der Waals surface area contributed by atoms with Crippen molar-refractivity contribution in [2.45, 2.75) is 57.2 Å². The molecule has 5 N–H and O–H groups in total. The second-order valence-corrected chi connectivity index (χ2v) is 8.46. The highest BCUT2D eigenvalue weighted by Gasteiger charge is 2.39. The summed E-state index contributed by atoms with van der Waals surface area (Å²) in [7, 11) is 0. The predicted octanol–water partition coefficient (Wildman–Crippen LogP) is 0.217. The van der Waals surface area contributed by atoms with Crippen LogP contribution in [0.5, 0.6) is 0 Å². The fourth-order valence-corrected chi connectivity index (χ4v) is 4.10. The number of primary amides is 1. The first kappa shape index (κ1) is 23.5. The number of aryl methyl sites for hydroxylation is 1.